The number of fused-ring (bicyclic) bond motifs is 1. The Bertz CT molecular complexity index is 981. The van der Waals surface area contributed by atoms with Crippen LogP contribution in [0.15, 0.2) is 42.6 Å². The molecule has 0 aliphatic carbocycles. The fourth-order valence-corrected chi connectivity index (χ4v) is 2.69. The van der Waals surface area contributed by atoms with E-state index < -0.39 is 11.6 Å². The zero-order valence-corrected chi connectivity index (χ0v) is 14.0. The highest BCUT2D eigenvalue weighted by Crippen LogP contribution is 2.27. The summed E-state index contributed by atoms with van der Waals surface area (Å²) in [6, 6.07) is 9.73. The molecule has 0 spiro atoms. The van der Waals surface area contributed by atoms with Gasteiger partial charge in [-0.25, -0.2) is 19.2 Å². The molecule has 0 radical (unpaired) electrons. The molecule has 0 saturated carbocycles. The second-order valence-corrected chi connectivity index (χ2v) is 6.03. The first-order valence-electron chi connectivity index (χ1n) is 7.72. The van der Waals surface area contributed by atoms with Gasteiger partial charge in [0.1, 0.15) is 5.82 Å². The number of hydrogen-bond acceptors (Lipinski definition) is 6. The van der Waals surface area contributed by atoms with Crippen LogP contribution in [0.5, 0.6) is 0 Å². The molecule has 2 heterocycles. The molecule has 4 N–H and O–H groups in total. The Hall–Kier alpha value is -2.97. The van der Waals surface area contributed by atoms with Crippen molar-refractivity contribution in [3.63, 3.8) is 0 Å². The van der Waals surface area contributed by atoms with E-state index in [1.54, 1.807) is 0 Å². The van der Waals surface area contributed by atoms with Crippen molar-refractivity contribution in [2.45, 2.75) is 6.54 Å². The molecule has 2 aromatic carbocycles. The van der Waals surface area contributed by atoms with Crippen LogP contribution in [0.25, 0.3) is 0 Å². The number of halogens is 3. The molecule has 1 aliphatic rings. The summed E-state index contributed by atoms with van der Waals surface area (Å²) < 4.78 is 27.3. The molecule has 4 rings (SSSR count). The normalized spacial score (nSPS) is 12.4. The number of nitrogens with one attached hydrogen (secondary N) is 4. The van der Waals surface area contributed by atoms with Crippen molar-refractivity contribution >= 4 is 40.4 Å². The lowest BCUT2D eigenvalue weighted by molar-refractivity contribution is 0.619. The fourth-order valence-electron chi connectivity index (χ4n) is 2.51. The Morgan fingerprint density at radius 2 is 1.81 bits per heavy atom. The van der Waals surface area contributed by atoms with Crippen LogP contribution >= 0.6 is 11.6 Å². The molecule has 9 heteroatoms. The molecule has 0 fully saturated rings. The summed E-state index contributed by atoms with van der Waals surface area (Å²) in [5, 5.41) is 5.73. The summed E-state index contributed by atoms with van der Waals surface area (Å²) in [6.45, 7) is 0.747. The third-order valence-electron chi connectivity index (χ3n) is 3.79. The van der Waals surface area contributed by atoms with Crippen LogP contribution < -0.4 is 21.5 Å². The summed E-state index contributed by atoms with van der Waals surface area (Å²) in [5.41, 5.74) is 9.33. The molecular formula is C17H13ClF2N6. The van der Waals surface area contributed by atoms with Gasteiger partial charge in [-0.05, 0) is 35.9 Å². The average molecular weight is 375 g/mol. The fraction of sp³-hybridized carbons (Fsp3) is 0.0588. The molecule has 3 aromatic rings. The van der Waals surface area contributed by atoms with Gasteiger partial charge < -0.3 is 16.1 Å². The topological polar surface area (TPSA) is 73.9 Å². The summed E-state index contributed by atoms with van der Waals surface area (Å²) in [7, 11) is 0. The van der Waals surface area contributed by atoms with Gasteiger partial charge in [-0.1, -0.05) is 17.7 Å². The predicted octanol–water partition coefficient (Wildman–Crippen LogP) is 4.33. The summed E-state index contributed by atoms with van der Waals surface area (Å²) in [6.07, 6.45) is 1.05. The highest BCUT2D eigenvalue weighted by molar-refractivity contribution is 6.31. The Morgan fingerprint density at radius 3 is 2.65 bits per heavy atom. The van der Waals surface area contributed by atoms with E-state index in [-0.39, 0.29) is 16.8 Å². The molecule has 132 valence electrons. The van der Waals surface area contributed by atoms with Crippen molar-refractivity contribution in [3.8, 4) is 0 Å². The summed E-state index contributed by atoms with van der Waals surface area (Å²) >= 11 is 5.74. The van der Waals surface area contributed by atoms with Gasteiger partial charge in [0.05, 0.1) is 16.9 Å². The molecule has 1 aliphatic heterocycles. The minimum atomic E-state index is -0.643. The lowest BCUT2D eigenvalue weighted by Crippen LogP contribution is -2.10. The van der Waals surface area contributed by atoms with Gasteiger partial charge in [0, 0.05) is 17.9 Å². The lowest BCUT2D eigenvalue weighted by atomic mass is 10.2. The quantitative estimate of drug-likeness (QED) is 0.545. The molecule has 0 atom stereocenters. The number of aromatic nitrogens is 2. The van der Waals surface area contributed by atoms with Crippen molar-refractivity contribution in [1.82, 2.24) is 15.4 Å². The SMILES string of the molecule is Fc1ccc(Nc2nc(Nc3ccc4c(c3)NNC4)ncc2F)cc1Cl. The maximum Gasteiger partial charge on any atom is 0.229 e. The van der Waals surface area contributed by atoms with Gasteiger partial charge in [-0.2, -0.15) is 4.98 Å². The smallest absolute Gasteiger partial charge is 0.229 e. The summed E-state index contributed by atoms with van der Waals surface area (Å²) in [5.74, 6) is -1.03. The van der Waals surface area contributed by atoms with Crippen molar-refractivity contribution < 1.29 is 8.78 Å². The molecule has 0 saturated heterocycles. The van der Waals surface area contributed by atoms with E-state index in [1.807, 2.05) is 18.2 Å². The molecule has 6 nitrogen and oxygen atoms in total. The summed E-state index contributed by atoms with van der Waals surface area (Å²) in [4.78, 5) is 8.07. The van der Waals surface area contributed by atoms with Crippen LogP contribution in [-0.4, -0.2) is 9.97 Å². The Labute approximate surface area is 152 Å². The van der Waals surface area contributed by atoms with Crippen LogP contribution in [-0.2, 0) is 6.54 Å². The average Bonchev–Trinajstić information content (AvgIpc) is 3.09. The minimum absolute atomic E-state index is 0.0499. The van der Waals surface area contributed by atoms with E-state index in [0.717, 1.165) is 29.7 Å². The number of rotatable bonds is 4. The van der Waals surface area contributed by atoms with E-state index >= 15 is 0 Å². The molecule has 1 aromatic heterocycles. The first-order valence-corrected chi connectivity index (χ1v) is 8.10. The van der Waals surface area contributed by atoms with Crippen molar-refractivity contribution in [3.05, 3.63) is 64.8 Å². The van der Waals surface area contributed by atoms with Gasteiger partial charge >= 0.3 is 0 Å². The van der Waals surface area contributed by atoms with Gasteiger partial charge in [-0.3, -0.25) is 0 Å². The van der Waals surface area contributed by atoms with Crippen LogP contribution in [0.2, 0.25) is 5.02 Å². The van der Waals surface area contributed by atoms with E-state index in [9.17, 15) is 8.78 Å². The standard InChI is InChI=1S/C17H13ClF2N6/c18-12-5-10(3-4-13(12)19)23-16-14(20)8-21-17(25-16)24-11-2-1-9-7-22-26-15(9)6-11/h1-6,8,22,26H,7H2,(H2,21,23,24,25). The molecule has 0 unspecified atom stereocenters. The van der Waals surface area contributed by atoms with Gasteiger partial charge in [-0.15, -0.1) is 0 Å². The molecule has 26 heavy (non-hydrogen) atoms. The van der Waals surface area contributed by atoms with Crippen LogP contribution in [0.4, 0.5) is 37.6 Å². The number of hydrogen-bond donors (Lipinski definition) is 4. The third-order valence-corrected chi connectivity index (χ3v) is 4.08. The maximum absolute atomic E-state index is 14.0. The van der Waals surface area contributed by atoms with E-state index in [1.165, 1.54) is 18.2 Å². The van der Waals surface area contributed by atoms with Crippen LogP contribution in [0.1, 0.15) is 5.56 Å². The number of hydrazine groups is 1. The number of nitrogens with zero attached hydrogens (tertiary/aromatic N) is 2. The van der Waals surface area contributed by atoms with Crippen LogP contribution in [0, 0.1) is 11.6 Å². The van der Waals surface area contributed by atoms with Crippen LogP contribution in [0.3, 0.4) is 0 Å². The Kier molecular flexibility index (Phi) is 4.27. The van der Waals surface area contributed by atoms with Crippen molar-refractivity contribution in [1.29, 1.82) is 0 Å². The lowest BCUT2D eigenvalue weighted by Gasteiger charge is -2.10. The monoisotopic (exact) mass is 374 g/mol. The van der Waals surface area contributed by atoms with Crippen molar-refractivity contribution in [2.24, 2.45) is 0 Å². The number of benzene rings is 2. The molecule has 0 amide bonds. The first-order chi connectivity index (χ1) is 12.6. The number of anilines is 5. The predicted molar refractivity (Wildman–Crippen MR) is 96.9 cm³/mol. The van der Waals surface area contributed by atoms with E-state index in [4.69, 9.17) is 11.6 Å². The minimum Gasteiger partial charge on any atom is -0.338 e. The second kappa shape index (κ2) is 6.74. The largest absolute Gasteiger partial charge is 0.338 e. The Balaban J connectivity index is 1.56. The third kappa shape index (κ3) is 3.37. The molecular weight excluding hydrogens is 362 g/mol. The first kappa shape index (κ1) is 16.5. The van der Waals surface area contributed by atoms with E-state index in [2.05, 4.69) is 31.5 Å². The second-order valence-electron chi connectivity index (χ2n) is 5.62. The van der Waals surface area contributed by atoms with Gasteiger partial charge in [0.2, 0.25) is 5.95 Å². The molecule has 0 bridgehead atoms. The highest BCUT2D eigenvalue weighted by Gasteiger charge is 2.12. The zero-order valence-electron chi connectivity index (χ0n) is 13.3. The highest BCUT2D eigenvalue weighted by atomic mass is 35.5. The van der Waals surface area contributed by atoms with E-state index in [0.29, 0.717) is 5.69 Å². The van der Waals surface area contributed by atoms with Crippen molar-refractivity contribution in [2.75, 3.05) is 16.1 Å². The maximum atomic E-state index is 14.0. The Morgan fingerprint density at radius 1 is 1.00 bits per heavy atom. The van der Waals surface area contributed by atoms with Gasteiger partial charge in [0.25, 0.3) is 0 Å². The van der Waals surface area contributed by atoms with Gasteiger partial charge in [0.15, 0.2) is 11.6 Å². The zero-order chi connectivity index (χ0) is 18.1.